The van der Waals surface area contributed by atoms with E-state index in [1.165, 1.54) is 0 Å². The van der Waals surface area contributed by atoms with Crippen LogP contribution in [0.1, 0.15) is 33.6 Å². The summed E-state index contributed by atoms with van der Waals surface area (Å²) in [5, 5.41) is 3.02. The molecule has 0 saturated carbocycles. The number of nitrogens with zero attached hydrogens (tertiary/aromatic N) is 2. The lowest BCUT2D eigenvalue weighted by atomic mass is 9.96. The molecule has 2 heterocycles. The highest BCUT2D eigenvalue weighted by Gasteiger charge is 2.25. The summed E-state index contributed by atoms with van der Waals surface area (Å²) in [6.07, 6.45) is 3.31. The summed E-state index contributed by atoms with van der Waals surface area (Å²) in [4.78, 5) is 34.4. The molecular formula is C23H26N4O4. The van der Waals surface area contributed by atoms with Gasteiger partial charge in [0.25, 0.3) is 11.8 Å². The monoisotopic (exact) mass is 422 g/mol. The Kier molecular flexibility index (Phi) is 6.06. The van der Waals surface area contributed by atoms with Gasteiger partial charge in [0.2, 0.25) is 0 Å². The fraction of sp³-hybridized carbons (Fsp3) is 0.348. The Bertz CT molecular complexity index is 1090. The van der Waals surface area contributed by atoms with Crippen LogP contribution in [0.4, 0.5) is 0 Å². The molecule has 2 aromatic carbocycles. The zero-order valence-electron chi connectivity index (χ0n) is 17.7. The van der Waals surface area contributed by atoms with Crippen LogP contribution in [-0.2, 0) is 0 Å². The summed E-state index contributed by atoms with van der Waals surface area (Å²) >= 11 is 0. The average molecular weight is 422 g/mol. The van der Waals surface area contributed by atoms with Gasteiger partial charge in [-0.25, -0.2) is 4.98 Å². The van der Waals surface area contributed by atoms with Crippen LogP contribution >= 0.6 is 0 Å². The number of imidazole rings is 1. The first-order valence-electron chi connectivity index (χ1n) is 10.3. The maximum atomic E-state index is 12.9. The van der Waals surface area contributed by atoms with Crippen molar-refractivity contribution < 1.29 is 19.1 Å². The fourth-order valence-corrected chi connectivity index (χ4v) is 3.91. The van der Waals surface area contributed by atoms with Crippen molar-refractivity contribution in [2.24, 2.45) is 5.92 Å². The van der Waals surface area contributed by atoms with Gasteiger partial charge in [-0.2, -0.15) is 0 Å². The lowest BCUT2D eigenvalue weighted by Crippen LogP contribution is -2.41. The SMILES string of the molecule is COc1ccc(C(=O)N2CCC(CNC(=O)c3ccc4nc[nH]c4c3)CC2)cc1OC. The van der Waals surface area contributed by atoms with E-state index >= 15 is 0 Å². The predicted octanol–water partition coefficient (Wildman–Crippen LogP) is 2.86. The molecule has 3 aromatic rings. The third-order valence-corrected chi connectivity index (χ3v) is 5.77. The number of aromatic amines is 1. The lowest BCUT2D eigenvalue weighted by Gasteiger charge is -2.32. The number of amides is 2. The van der Waals surface area contributed by atoms with E-state index in [1.54, 1.807) is 44.8 Å². The van der Waals surface area contributed by atoms with Gasteiger partial charge in [0.05, 0.1) is 31.6 Å². The normalized spacial score (nSPS) is 14.5. The topological polar surface area (TPSA) is 96.5 Å². The number of carbonyl (C=O) groups is 2. The largest absolute Gasteiger partial charge is 0.493 e. The smallest absolute Gasteiger partial charge is 0.253 e. The molecule has 0 atom stereocenters. The van der Waals surface area contributed by atoms with E-state index in [0.29, 0.717) is 48.2 Å². The number of hydrogen-bond donors (Lipinski definition) is 2. The second-order valence-electron chi connectivity index (χ2n) is 7.65. The molecule has 4 rings (SSSR count). The van der Waals surface area contributed by atoms with Gasteiger partial charge in [-0.15, -0.1) is 0 Å². The number of aromatic nitrogens is 2. The number of carbonyl (C=O) groups excluding carboxylic acids is 2. The third kappa shape index (κ3) is 4.47. The van der Waals surface area contributed by atoms with Crippen LogP contribution in [0.3, 0.4) is 0 Å². The highest BCUT2D eigenvalue weighted by atomic mass is 16.5. The van der Waals surface area contributed by atoms with Crippen molar-refractivity contribution in [2.45, 2.75) is 12.8 Å². The molecule has 0 radical (unpaired) electrons. The summed E-state index contributed by atoms with van der Waals surface area (Å²) < 4.78 is 10.5. The molecule has 0 unspecified atom stereocenters. The molecule has 2 N–H and O–H groups in total. The van der Waals surface area contributed by atoms with Crippen molar-refractivity contribution in [3.63, 3.8) is 0 Å². The highest BCUT2D eigenvalue weighted by molar-refractivity contribution is 5.97. The Morgan fingerprint density at radius 3 is 2.55 bits per heavy atom. The van der Waals surface area contributed by atoms with Crippen LogP contribution in [0.2, 0.25) is 0 Å². The standard InChI is InChI=1S/C23H26N4O4/c1-30-20-6-4-17(12-21(20)31-2)23(29)27-9-7-15(8-10-27)13-24-22(28)16-3-5-18-19(11-16)26-14-25-18/h3-6,11-12,14-15H,7-10,13H2,1-2H3,(H,24,28)(H,25,26). The Hall–Kier alpha value is -3.55. The Morgan fingerprint density at radius 2 is 1.81 bits per heavy atom. The predicted molar refractivity (Wildman–Crippen MR) is 117 cm³/mol. The summed E-state index contributed by atoms with van der Waals surface area (Å²) in [6.45, 7) is 1.92. The molecule has 1 aliphatic heterocycles. The number of fused-ring (bicyclic) bond motifs is 1. The van der Waals surface area contributed by atoms with Gasteiger partial charge in [0.15, 0.2) is 11.5 Å². The minimum absolute atomic E-state index is 0.0173. The molecule has 1 aromatic heterocycles. The number of hydrogen-bond acceptors (Lipinski definition) is 5. The zero-order valence-corrected chi connectivity index (χ0v) is 17.7. The number of likely N-dealkylation sites (tertiary alicyclic amines) is 1. The van der Waals surface area contributed by atoms with E-state index in [0.717, 1.165) is 23.9 Å². The van der Waals surface area contributed by atoms with Crippen molar-refractivity contribution in [1.29, 1.82) is 0 Å². The molecule has 0 aliphatic carbocycles. The van der Waals surface area contributed by atoms with Crippen molar-refractivity contribution in [3.8, 4) is 11.5 Å². The summed E-state index contributed by atoms with van der Waals surface area (Å²) in [5.74, 6) is 1.37. The second kappa shape index (κ2) is 9.07. The number of methoxy groups -OCH3 is 2. The quantitative estimate of drug-likeness (QED) is 0.637. The molecule has 31 heavy (non-hydrogen) atoms. The molecule has 162 valence electrons. The van der Waals surface area contributed by atoms with E-state index < -0.39 is 0 Å². The second-order valence-corrected chi connectivity index (χ2v) is 7.65. The van der Waals surface area contributed by atoms with Gasteiger partial charge < -0.3 is 24.7 Å². The molecule has 1 saturated heterocycles. The van der Waals surface area contributed by atoms with Gasteiger partial charge in [0.1, 0.15) is 0 Å². The van der Waals surface area contributed by atoms with Gasteiger partial charge in [0, 0.05) is 30.8 Å². The molecule has 0 spiro atoms. The number of piperidine rings is 1. The Morgan fingerprint density at radius 1 is 1.06 bits per heavy atom. The summed E-state index contributed by atoms with van der Waals surface area (Å²) in [5.41, 5.74) is 2.87. The van der Waals surface area contributed by atoms with E-state index in [1.807, 2.05) is 17.0 Å². The number of H-pyrrole nitrogens is 1. The third-order valence-electron chi connectivity index (χ3n) is 5.77. The van der Waals surface area contributed by atoms with E-state index in [4.69, 9.17) is 9.47 Å². The first kappa shape index (κ1) is 20.7. The fourth-order valence-electron chi connectivity index (χ4n) is 3.91. The van der Waals surface area contributed by atoms with E-state index in [2.05, 4.69) is 15.3 Å². The van der Waals surface area contributed by atoms with Gasteiger partial charge in [-0.05, 0) is 55.2 Å². The maximum Gasteiger partial charge on any atom is 0.253 e. The summed E-state index contributed by atoms with van der Waals surface area (Å²) in [6, 6.07) is 10.6. The first-order chi connectivity index (χ1) is 15.1. The van der Waals surface area contributed by atoms with Crippen LogP contribution in [0.25, 0.3) is 11.0 Å². The molecule has 8 nitrogen and oxygen atoms in total. The highest BCUT2D eigenvalue weighted by Crippen LogP contribution is 2.28. The zero-order chi connectivity index (χ0) is 21.8. The minimum Gasteiger partial charge on any atom is -0.493 e. The van der Waals surface area contributed by atoms with E-state index in [9.17, 15) is 9.59 Å². The molecule has 8 heteroatoms. The molecule has 1 aliphatic rings. The molecule has 0 bridgehead atoms. The van der Waals surface area contributed by atoms with Gasteiger partial charge in [-0.1, -0.05) is 0 Å². The van der Waals surface area contributed by atoms with Crippen LogP contribution in [-0.4, -0.2) is 60.5 Å². The Labute approximate surface area is 180 Å². The lowest BCUT2D eigenvalue weighted by molar-refractivity contribution is 0.0684. The number of ether oxygens (including phenoxy) is 2. The number of benzene rings is 2. The van der Waals surface area contributed by atoms with Crippen LogP contribution in [0.15, 0.2) is 42.7 Å². The Balaban J connectivity index is 1.29. The van der Waals surface area contributed by atoms with Crippen LogP contribution in [0.5, 0.6) is 11.5 Å². The van der Waals surface area contributed by atoms with Crippen molar-refractivity contribution in [3.05, 3.63) is 53.9 Å². The molecule has 1 fully saturated rings. The number of rotatable bonds is 6. The van der Waals surface area contributed by atoms with Gasteiger partial charge >= 0.3 is 0 Å². The van der Waals surface area contributed by atoms with Gasteiger partial charge in [-0.3, -0.25) is 9.59 Å². The summed E-state index contributed by atoms with van der Waals surface area (Å²) in [7, 11) is 3.12. The van der Waals surface area contributed by atoms with Crippen LogP contribution < -0.4 is 14.8 Å². The first-order valence-corrected chi connectivity index (χ1v) is 10.3. The minimum atomic E-state index is -0.0969. The maximum absolute atomic E-state index is 12.9. The average Bonchev–Trinajstić information content (AvgIpc) is 3.30. The van der Waals surface area contributed by atoms with Crippen molar-refractivity contribution >= 4 is 22.8 Å². The van der Waals surface area contributed by atoms with Crippen molar-refractivity contribution in [1.82, 2.24) is 20.2 Å². The van der Waals surface area contributed by atoms with Crippen LogP contribution in [0, 0.1) is 5.92 Å². The number of nitrogens with one attached hydrogen (secondary N) is 2. The molecule has 2 amide bonds. The van der Waals surface area contributed by atoms with E-state index in [-0.39, 0.29) is 11.8 Å². The molecular weight excluding hydrogens is 396 g/mol. The van der Waals surface area contributed by atoms with Crippen molar-refractivity contribution in [2.75, 3.05) is 33.9 Å².